The molecule has 0 saturated carbocycles. The maximum Gasteiger partial charge on any atom is 0.360 e. The monoisotopic (exact) mass is 394 g/mol. The number of para-hydroxylation sites is 1. The van der Waals surface area contributed by atoms with Crippen LogP contribution in [0.3, 0.4) is 0 Å². The number of hydrogen-bond donors (Lipinski definition) is 0. The van der Waals surface area contributed by atoms with Gasteiger partial charge in [-0.1, -0.05) is 47.6 Å². The van der Waals surface area contributed by atoms with Crippen LogP contribution in [0.2, 0.25) is 0 Å². The zero-order valence-electron chi connectivity index (χ0n) is 14.7. The van der Waals surface area contributed by atoms with E-state index in [1.54, 1.807) is 30.3 Å². The highest BCUT2D eigenvalue weighted by Crippen LogP contribution is 2.29. The first-order valence-electron chi connectivity index (χ1n) is 8.04. The molecule has 0 unspecified atom stereocenters. The Morgan fingerprint density at radius 3 is 2.68 bits per heavy atom. The molecule has 0 bridgehead atoms. The molecule has 0 aliphatic heterocycles. The van der Waals surface area contributed by atoms with E-state index in [4.69, 9.17) is 19.6 Å². The molecule has 9 heteroatoms. The minimum Gasteiger partial charge on any atom is -0.464 e. The fourth-order valence-electron chi connectivity index (χ4n) is 2.22. The number of esters is 1. The molecule has 2 aromatic carbocycles. The first-order chi connectivity index (χ1) is 13.7. The summed E-state index contributed by atoms with van der Waals surface area (Å²) in [6.07, 6.45) is 0. The average molecular weight is 394 g/mol. The predicted molar refractivity (Wildman–Crippen MR) is 102 cm³/mol. The van der Waals surface area contributed by atoms with Crippen molar-refractivity contribution in [3.63, 3.8) is 0 Å². The summed E-state index contributed by atoms with van der Waals surface area (Å²) in [7, 11) is 1.22. The summed E-state index contributed by atoms with van der Waals surface area (Å²) in [6.45, 7) is -0.305. The van der Waals surface area contributed by atoms with Gasteiger partial charge in [0, 0.05) is 17.1 Å². The van der Waals surface area contributed by atoms with Crippen molar-refractivity contribution < 1.29 is 19.1 Å². The molecule has 0 amide bonds. The van der Waals surface area contributed by atoms with E-state index in [0.717, 1.165) is 17.1 Å². The Morgan fingerprint density at radius 1 is 1.18 bits per heavy atom. The fourth-order valence-corrected chi connectivity index (χ4v) is 2.78. The molecule has 0 aliphatic rings. The van der Waals surface area contributed by atoms with Crippen molar-refractivity contribution in [3.8, 4) is 28.4 Å². The molecule has 1 heterocycles. The number of nitrogens with zero attached hydrogens (tertiary/aromatic N) is 4. The van der Waals surface area contributed by atoms with Gasteiger partial charge in [0.05, 0.1) is 12.7 Å². The first-order valence-corrected chi connectivity index (χ1v) is 8.82. The van der Waals surface area contributed by atoms with Gasteiger partial charge in [-0.25, -0.2) is 4.79 Å². The Morgan fingerprint density at radius 2 is 1.93 bits per heavy atom. The molecule has 3 rings (SSSR count). The van der Waals surface area contributed by atoms with Crippen LogP contribution in [0.4, 0.5) is 0 Å². The van der Waals surface area contributed by atoms with Crippen molar-refractivity contribution in [2.75, 3.05) is 13.7 Å². The summed E-state index contributed by atoms with van der Waals surface area (Å²) in [5, 5.41) is 12.6. The van der Waals surface area contributed by atoms with E-state index in [0.29, 0.717) is 22.3 Å². The zero-order chi connectivity index (χ0) is 19.8. The molecule has 0 fully saturated rings. The Hall–Kier alpha value is -3.77. The lowest BCUT2D eigenvalue weighted by Crippen LogP contribution is -2.18. The van der Waals surface area contributed by atoms with E-state index in [9.17, 15) is 4.79 Å². The van der Waals surface area contributed by atoms with Crippen LogP contribution in [0.15, 0.2) is 59.8 Å². The summed E-state index contributed by atoms with van der Waals surface area (Å²) >= 11 is 1.08. The van der Waals surface area contributed by atoms with Crippen LogP contribution in [0.1, 0.15) is 5.56 Å². The van der Waals surface area contributed by atoms with E-state index < -0.39 is 5.97 Å². The third-order valence-corrected chi connectivity index (χ3v) is 4.04. The SMILES string of the molecule is COC(=O)/C(=N/OCC#N)c1ccccc1Oc1nc(-c2ccccc2)ns1. The lowest BCUT2D eigenvalue weighted by Gasteiger charge is -2.09. The highest BCUT2D eigenvalue weighted by molar-refractivity contribution is 7.07. The number of rotatable bonds is 7. The summed E-state index contributed by atoms with van der Waals surface area (Å²) < 4.78 is 14.9. The Bertz CT molecular complexity index is 1030. The molecule has 0 atom stereocenters. The number of carbonyl (C=O) groups is 1. The summed E-state index contributed by atoms with van der Waals surface area (Å²) in [5.74, 6) is 0.136. The van der Waals surface area contributed by atoms with Crippen molar-refractivity contribution >= 4 is 23.2 Å². The van der Waals surface area contributed by atoms with Gasteiger partial charge >= 0.3 is 5.97 Å². The number of nitriles is 1. The van der Waals surface area contributed by atoms with Gasteiger partial charge in [0.2, 0.25) is 6.61 Å². The lowest BCUT2D eigenvalue weighted by molar-refractivity contribution is -0.132. The molecule has 0 radical (unpaired) electrons. The Labute approximate surface area is 164 Å². The molecule has 1 aromatic heterocycles. The maximum atomic E-state index is 12.1. The number of carbonyl (C=O) groups excluding carboxylic acids is 1. The van der Waals surface area contributed by atoms with Gasteiger partial charge in [0.15, 0.2) is 11.5 Å². The number of methoxy groups -OCH3 is 1. The molecule has 0 N–H and O–H groups in total. The van der Waals surface area contributed by atoms with E-state index in [1.165, 1.54) is 7.11 Å². The number of benzene rings is 2. The van der Waals surface area contributed by atoms with Crippen LogP contribution in [0.25, 0.3) is 11.4 Å². The van der Waals surface area contributed by atoms with Crippen molar-refractivity contribution in [2.24, 2.45) is 5.16 Å². The van der Waals surface area contributed by atoms with Crippen LogP contribution in [0, 0.1) is 11.3 Å². The topological polar surface area (TPSA) is 107 Å². The van der Waals surface area contributed by atoms with Gasteiger partial charge in [-0.2, -0.15) is 14.6 Å². The van der Waals surface area contributed by atoms with Crippen LogP contribution in [-0.4, -0.2) is 34.8 Å². The molecule has 28 heavy (non-hydrogen) atoms. The molecule has 0 spiro atoms. The highest BCUT2D eigenvalue weighted by Gasteiger charge is 2.21. The van der Waals surface area contributed by atoms with E-state index in [2.05, 4.69) is 14.5 Å². The lowest BCUT2D eigenvalue weighted by atomic mass is 10.1. The van der Waals surface area contributed by atoms with Gasteiger partial charge < -0.3 is 14.3 Å². The van der Waals surface area contributed by atoms with E-state index in [1.807, 2.05) is 30.3 Å². The molecule has 0 saturated heterocycles. The quantitative estimate of drug-likeness (QED) is 0.261. The standard InChI is InChI=1S/C19H14N4O4S/c1-25-18(24)16(22-26-12-11-20)14-9-5-6-10-15(14)27-19-21-17(23-28-19)13-7-3-2-4-8-13/h2-10H,12H2,1H3/b22-16+. The average Bonchev–Trinajstić information content (AvgIpc) is 3.21. The van der Waals surface area contributed by atoms with Crippen LogP contribution >= 0.6 is 11.5 Å². The van der Waals surface area contributed by atoms with Gasteiger partial charge in [0.25, 0.3) is 5.19 Å². The molecule has 3 aromatic rings. The number of ether oxygens (including phenoxy) is 2. The second-order valence-electron chi connectivity index (χ2n) is 5.21. The van der Waals surface area contributed by atoms with Crippen molar-refractivity contribution in [1.82, 2.24) is 9.36 Å². The van der Waals surface area contributed by atoms with Crippen molar-refractivity contribution in [3.05, 3.63) is 60.2 Å². The normalized spacial score (nSPS) is 10.8. The Balaban J connectivity index is 1.90. The molecular formula is C19H14N4O4S. The van der Waals surface area contributed by atoms with Gasteiger partial charge in [-0.3, -0.25) is 0 Å². The van der Waals surface area contributed by atoms with Gasteiger partial charge in [-0.15, -0.1) is 0 Å². The van der Waals surface area contributed by atoms with Crippen LogP contribution < -0.4 is 4.74 Å². The van der Waals surface area contributed by atoms with Gasteiger partial charge in [0.1, 0.15) is 11.8 Å². The molecule has 140 valence electrons. The van der Waals surface area contributed by atoms with Gasteiger partial charge in [-0.05, 0) is 12.1 Å². The Kier molecular flexibility index (Phi) is 6.28. The molecule has 0 aliphatic carbocycles. The third-order valence-electron chi connectivity index (χ3n) is 3.44. The largest absolute Gasteiger partial charge is 0.464 e. The van der Waals surface area contributed by atoms with E-state index in [-0.39, 0.29) is 12.3 Å². The second kappa shape index (κ2) is 9.25. The van der Waals surface area contributed by atoms with Crippen LogP contribution in [-0.2, 0) is 14.4 Å². The summed E-state index contributed by atoms with van der Waals surface area (Å²) in [4.78, 5) is 21.3. The van der Waals surface area contributed by atoms with Crippen molar-refractivity contribution in [2.45, 2.75) is 0 Å². The highest BCUT2D eigenvalue weighted by atomic mass is 32.1. The fraction of sp³-hybridized carbons (Fsp3) is 0.105. The van der Waals surface area contributed by atoms with Crippen LogP contribution in [0.5, 0.6) is 10.9 Å². The van der Waals surface area contributed by atoms with E-state index >= 15 is 0 Å². The summed E-state index contributed by atoms with van der Waals surface area (Å²) in [6, 6.07) is 18.0. The zero-order valence-corrected chi connectivity index (χ0v) is 15.5. The maximum absolute atomic E-state index is 12.1. The number of aromatic nitrogens is 2. The second-order valence-corrected chi connectivity index (χ2v) is 5.93. The molecular weight excluding hydrogens is 380 g/mol. The predicted octanol–water partition coefficient (Wildman–Crippen LogP) is 3.41. The van der Waals surface area contributed by atoms with Crippen molar-refractivity contribution in [1.29, 1.82) is 5.26 Å². The minimum absolute atomic E-state index is 0.124. The number of hydrogen-bond acceptors (Lipinski definition) is 9. The number of oxime groups is 1. The molecule has 8 nitrogen and oxygen atoms in total. The minimum atomic E-state index is -0.726. The third kappa shape index (κ3) is 4.49. The first kappa shape index (κ1) is 19.0. The smallest absolute Gasteiger partial charge is 0.360 e. The summed E-state index contributed by atoms with van der Waals surface area (Å²) in [5.41, 5.74) is 1.08.